The molecule has 18 heavy (non-hydrogen) atoms. The average Bonchev–Trinajstić information content (AvgIpc) is 3.00. The van der Waals surface area contributed by atoms with Gasteiger partial charge in [0.25, 0.3) is 0 Å². The van der Waals surface area contributed by atoms with Crippen LogP contribution < -0.4 is 5.32 Å². The predicted octanol–water partition coefficient (Wildman–Crippen LogP) is 2.98. The fourth-order valence-electron chi connectivity index (χ4n) is 1.78. The van der Waals surface area contributed by atoms with Crippen LogP contribution in [0.2, 0.25) is 0 Å². The topological polar surface area (TPSA) is 75.6 Å². The predicted molar refractivity (Wildman–Crippen MR) is 64.3 cm³/mol. The molecule has 96 valence electrons. The Morgan fingerprint density at radius 2 is 1.94 bits per heavy atom. The maximum atomic E-state index is 10.7. The SMILES string of the molecule is CC(N[C@H](C)c1ccco1)c1ccc(C(=O)O)o1. The summed E-state index contributed by atoms with van der Waals surface area (Å²) in [6, 6.07) is 6.75. The first-order chi connectivity index (χ1) is 8.58. The molecule has 0 aromatic carbocycles. The fraction of sp³-hybridized carbons (Fsp3) is 0.308. The van der Waals surface area contributed by atoms with E-state index in [1.54, 1.807) is 12.3 Å². The Hall–Kier alpha value is -2.01. The highest BCUT2D eigenvalue weighted by Gasteiger charge is 2.17. The summed E-state index contributed by atoms with van der Waals surface area (Å²) in [5.41, 5.74) is 0. The van der Waals surface area contributed by atoms with E-state index in [9.17, 15) is 4.79 Å². The lowest BCUT2D eigenvalue weighted by atomic mass is 10.2. The van der Waals surface area contributed by atoms with E-state index in [1.807, 2.05) is 26.0 Å². The third-order valence-corrected chi connectivity index (χ3v) is 2.73. The van der Waals surface area contributed by atoms with Crippen molar-refractivity contribution in [3.05, 3.63) is 47.8 Å². The summed E-state index contributed by atoms with van der Waals surface area (Å²) < 4.78 is 10.5. The van der Waals surface area contributed by atoms with Gasteiger partial charge in [-0.2, -0.15) is 0 Å². The molecule has 0 bridgehead atoms. The molecule has 0 saturated heterocycles. The van der Waals surface area contributed by atoms with Gasteiger partial charge in [0.05, 0.1) is 18.3 Å². The van der Waals surface area contributed by atoms with E-state index in [-0.39, 0.29) is 17.8 Å². The van der Waals surface area contributed by atoms with Crippen molar-refractivity contribution in [3.8, 4) is 0 Å². The highest BCUT2D eigenvalue weighted by Crippen LogP contribution is 2.21. The van der Waals surface area contributed by atoms with Gasteiger partial charge >= 0.3 is 5.97 Å². The van der Waals surface area contributed by atoms with Gasteiger partial charge in [-0.05, 0) is 38.1 Å². The molecule has 2 aromatic heterocycles. The van der Waals surface area contributed by atoms with Gasteiger partial charge in [-0.15, -0.1) is 0 Å². The first-order valence-electron chi connectivity index (χ1n) is 5.70. The molecule has 0 spiro atoms. The van der Waals surface area contributed by atoms with Crippen LogP contribution >= 0.6 is 0 Å². The van der Waals surface area contributed by atoms with Gasteiger partial charge in [-0.1, -0.05) is 0 Å². The van der Waals surface area contributed by atoms with Gasteiger partial charge in [0.1, 0.15) is 11.5 Å². The van der Waals surface area contributed by atoms with Crippen molar-refractivity contribution in [1.29, 1.82) is 0 Å². The zero-order valence-corrected chi connectivity index (χ0v) is 10.2. The maximum Gasteiger partial charge on any atom is 0.371 e. The average molecular weight is 249 g/mol. The van der Waals surface area contributed by atoms with Gasteiger partial charge in [-0.25, -0.2) is 4.79 Å². The van der Waals surface area contributed by atoms with Crippen LogP contribution in [0.4, 0.5) is 0 Å². The highest BCUT2D eigenvalue weighted by atomic mass is 16.4. The lowest BCUT2D eigenvalue weighted by Gasteiger charge is -2.16. The third-order valence-electron chi connectivity index (χ3n) is 2.73. The second kappa shape index (κ2) is 5.10. The lowest BCUT2D eigenvalue weighted by molar-refractivity contribution is 0.0659. The normalized spacial score (nSPS) is 14.3. The van der Waals surface area contributed by atoms with E-state index in [0.29, 0.717) is 5.76 Å². The number of aromatic carboxylic acids is 1. The summed E-state index contributed by atoms with van der Waals surface area (Å²) in [6.45, 7) is 3.88. The minimum Gasteiger partial charge on any atom is -0.475 e. The van der Waals surface area contributed by atoms with Crippen molar-refractivity contribution in [2.75, 3.05) is 0 Å². The van der Waals surface area contributed by atoms with Crippen LogP contribution in [0.3, 0.4) is 0 Å². The monoisotopic (exact) mass is 249 g/mol. The quantitative estimate of drug-likeness (QED) is 0.851. The Balaban J connectivity index is 2.02. The molecule has 0 aliphatic carbocycles. The molecule has 2 heterocycles. The second-order valence-electron chi connectivity index (χ2n) is 4.13. The molecule has 0 aliphatic heterocycles. The highest BCUT2D eigenvalue weighted by molar-refractivity contribution is 5.84. The smallest absolute Gasteiger partial charge is 0.371 e. The maximum absolute atomic E-state index is 10.7. The van der Waals surface area contributed by atoms with Crippen LogP contribution in [0.25, 0.3) is 0 Å². The van der Waals surface area contributed by atoms with E-state index in [1.165, 1.54) is 6.07 Å². The van der Waals surface area contributed by atoms with Gasteiger partial charge in [0.15, 0.2) is 0 Å². The van der Waals surface area contributed by atoms with E-state index in [0.717, 1.165) is 5.76 Å². The fourth-order valence-corrected chi connectivity index (χ4v) is 1.78. The van der Waals surface area contributed by atoms with Gasteiger partial charge in [-0.3, -0.25) is 5.32 Å². The van der Waals surface area contributed by atoms with E-state index >= 15 is 0 Å². The van der Waals surface area contributed by atoms with E-state index in [2.05, 4.69) is 5.32 Å². The molecule has 0 aliphatic rings. The lowest BCUT2D eigenvalue weighted by Crippen LogP contribution is -2.21. The molecule has 2 rings (SSSR count). The summed E-state index contributed by atoms with van der Waals surface area (Å²) in [5, 5.41) is 12.1. The standard InChI is InChI=1S/C13H15NO4/c1-8(10-4-3-7-17-10)14-9(2)11-5-6-12(18-11)13(15)16/h3-9,14H,1-2H3,(H,15,16)/t8-,9?/m1/s1. The molecule has 0 fully saturated rings. The Kier molecular flexibility index (Phi) is 3.53. The largest absolute Gasteiger partial charge is 0.475 e. The first kappa shape index (κ1) is 12.4. The third kappa shape index (κ3) is 2.62. The van der Waals surface area contributed by atoms with Crippen molar-refractivity contribution in [2.24, 2.45) is 0 Å². The first-order valence-corrected chi connectivity index (χ1v) is 5.70. The van der Waals surface area contributed by atoms with Crippen molar-refractivity contribution in [2.45, 2.75) is 25.9 Å². The molecular weight excluding hydrogens is 234 g/mol. The number of hydrogen-bond acceptors (Lipinski definition) is 4. The van der Waals surface area contributed by atoms with Crippen LogP contribution in [0.5, 0.6) is 0 Å². The number of nitrogens with one attached hydrogen (secondary N) is 1. The number of furan rings is 2. The Morgan fingerprint density at radius 1 is 1.22 bits per heavy atom. The summed E-state index contributed by atoms with van der Waals surface area (Å²) in [5.74, 6) is 0.300. The summed E-state index contributed by atoms with van der Waals surface area (Å²) in [6.07, 6.45) is 1.62. The number of rotatable bonds is 5. The summed E-state index contributed by atoms with van der Waals surface area (Å²) in [4.78, 5) is 10.7. The molecule has 2 atom stereocenters. The molecule has 0 radical (unpaired) electrons. The molecule has 2 aromatic rings. The van der Waals surface area contributed by atoms with Crippen molar-refractivity contribution < 1.29 is 18.7 Å². The van der Waals surface area contributed by atoms with E-state index < -0.39 is 5.97 Å². The molecule has 2 N–H and O–H groups in total. The summed E-state index contributed by atoms with van der Waals surface area (Å²) in [7, 11) is 0. The minimum atomic E-state index is -1.06. The number of carboxylic acid groups (broad SMARTS) is 1. The van der Waals surface area contributed by atoms with Crippen molar-refractivity contribution >= 4 is 5.97 Å². The van der Waals surface area contributed by atoms with Crippen LogP contribution in [-0.4, -0.2) is 11.1 Å². The minimum absolute atomic E-state index is 0.0216. The molecule has 0 saturated carbocycles. The Morgan fingerprint density at radius 3 is 2.50 bits per heavy atom. The number of carbonyl (C=O) groups is 1. The van der Waals surface area contributed by atoms with E-state index in [4.69, 9.17) is 13.9 Å². The zero-order chi connectivity index (χ0) is 13.1. The second-order valence-corrected chi connectivity index (χ2v) is 4.13. The van der Waals surface area contributed by atoms with Crippen molar-refractivity contribution in [3.63, 3.8) is 0 Å². The van der Waals surface area contributed by atoms with Crippen LogP contribution in [0, 0.1) is 0 Å². The molecular formula is C13H15NO4. The number of carboxylic acids is 1. The molecule has 0 amide bonds. The van der Waals surface area contributed by atoms with Gasteiger partial charge in [0.2, 0.25) is 5.76 Å². The molecule has 5 heteroatoms. The van der Waals surface area contributed by atoms with Gasteiger partial charge < -0.3 is 13.9 Å². The molecule has 1 unspecified atom stereocenters. The van der Waals surface area contributed by atoms with Crippen molar-refractivity contribution in [1.82, 2.24) is 5.32 Å². The van der Waals surface area contributed by atoms with Gasteiger partial charge in [0, 0.05) is 0 Å². The van der Waals surface area contributed by atoms with Crippen LogP contribution in [0.15, 0.2) is 39.4 Å². The zero-order valence-electron chi connectivity index (χ0n) is 10.2. The van der Waals surface area contributed by atoms with Crippen LogP contribution in [-0.2, 0) is 0 Å². The Labute approximate surface area is 104 Å². The summed E-state index contributed by atoms with van der Waals surface area (Å²) >= 11 is 0. The Bertz CT molecular complexity index is 515. The van der Waals surface area contributed by atoms with Crippen LogP contribution in [0.1, 0.15) is 48.0 Å². The number of hydrogen-bond donors (Lipinski definition) is 2. The molecule has 5 nitrogen and oxygen atoms in total.